The highest BCUT2D eigenvalue weighted by atomic mass is 35.5. The van der Waals surface area contributed by atoms with Crippen molar-refractivity contribution in [1.82, 2.24) is 9.97 Å². The molecule has 1 heterocycles. The van der Waals surface area contributed by atoms with E-state index in [1.54, 1.807) is 0 Å². The van der Waals surface area contributed by atoms with E-state index < -0.39 is 24.4 Å². The SMILES string of the molecule is CN(CC(F)(F)F)c1nc(Cl)ncc1F. The Morgan fingerprint density at radius 1 is 1.47 bits per heavy atom. The van der Waals surface area contributed by atoms with Crippen LogP contribution in [-0.4, -0.2) is 29.7 Å². The minimum atomic E-state index is -4.43. The monoisotopic (exact) mass is 243 g/mol. The first-order chi connectivity index (χ1) is 6.79. The van der Waals surface area contributed by atoms with Gasteiger partial charge in [-0.15, -0.1) is 0 Å². The molecular weight excluding hydrogens is 238 g/mol. The molecule has 1 aromatic rings. The molecule has 0 radical (unpaired) electrons. The van der Waals surface area contributed by atoms with Crippen LogP contribution < -0.4 is 4.90 Å². The van der Waals surface area contributed by atoms with Crippen molar-refractivity contribution >= 4 is 17.4 Å². The molecule has 0 saturated carbocycles. The zero-order valence-corrected chi connectivity index (χ0v) is 8.27. The zero-order chi connectivity index (χ0) is 11.6. The Morgan fingerprint density at radius 3 is 2.60 bits per heavy atom. The number of nitrogens with zero attached hydrogens (tertiary/aromatic N) is 3. The summed E-state index contributed by atoms with van der Waals surface area (Å²) in [5, 5.41) is -0.305. The third kappa shape index (κ3) is 3.50. The number of anilines is 1. The molecule has 0 amide bonds. The fourth-order valence-electron chi connectivity index (χ4n) is 0.949. The number of halogens is 5. The molecule has 8 heteroatoms. The lowest BCUT2D eigenvalue weighted by Crippen LogP contribution is -2.32. The van der Waals surface area contributed by atoms with Gasteiger partial charge < -0.3 is 4.90 Å². The predicted octanol–water partition coefficient (Wildman–Crippen LogP) is 2.27. The van der Waals surface area contributed by atoms with Gasteiger partial charge in [0.15, 0.2) is 11.6 Å². The van der Waals surface area contributed by atoms with Crippen molar-refractivity contribution in [3.05, 3.63) is 17.3 Å². The van der Waals surface area contributed by atoms with Crippen LogP contribution in [0.15, 0.2) is 6.20 Å². The molecule has 0 fully saturated rings. The van der Waals surface area contributed by atoms with Gasteiger partial charge in [0, 0.05) is 7.05 Å². The fraction of sp³-hybridized carbons (Fsp3) is 0.429. The molecule has 0 saturated heterocycles. The van der Waals surface area contributed by atoms with Gasteiger partial charge in [-0.25, -0.2) is 9.37 Å². The predicted molar refractivity (Wildman–Crippen MR) is 46.3 cm³/mol. The van der Waals surface area contributed by atoms with Crippen LogP contribution in [0.4, 0.5) is 23.4 Å². The lowest BCUT2D eigenvalue weighted by molar-refractivity contribution is -0.119. The Labute approximate surface area is 87.7 Å². The Balaban J connectivity index is 2.90. The molecule has 0 atom stereocenters. The van der Waals surface area contributed by atoms with E-state index in [9.17, 15) is 17.6 Å². The summed E-state index contributed by atoms with van der Waals surface area (Å²) in [5.41, 5.74) is 0. The Kier molecular flexibility index (Phi) is 3.33. The summed E-state index contributed by atoms with van der Waals surface area (Å²) in [7, 11) is 1.06. The molecule has 0 bridgehead atoms. The lowest BCUT2D eigenvalue weighted by atomic mass is 10.4. The average Bonchev–Trinajstić information content (AvgIpc) is 2.06. The highest BCUT2D eigenvalue weighted by Gasteiger charge is 2.30. The van der Waals surface area contributed by atoms with Gasteiger partial charge in [0.1, 0.15) is 6.54 Å². The maximum absolute atomic E-state index is 13.0. The van der Waals surface area contributed by atoms with E-state index in [4.69, 9.17) is 11.6 Å². The van der Waals surface area contributed by atoms with Crippen molar-refractivity contribution in [2.24, 2.45) is 0 Å². The highest BCUT2D eigenvalue weighted by Crippen LogP contribution is 2.21. The standard InChI is InChI=1S/C7H6ClF4N3/c1-15(3-7(10,11)12)5-4(9)2-13-6(8)14-5/h2H,3H2,1H3. The number of alkyl halides is 3. The smallest absolute Gasteiger partial charge is 0.348 e. The maximum atomic E-state index is 13.0. The first-order valence-corrected chi connectivity index (χ1v) is 4.13. The summed E-state index contributed by atoms with van der Waals surface area (Å²) < 4.78 is 49.0. The largest absolute Gasteiger partial charge is 0.405 e. The number of rotatable bonds is 2. The zero-order valence-electron chi connectivity index (χ0n) is 7.52. The van der Waals surface area contributed by atoms with Crippen molar-refractivity contribution < 1.29 is 17.6 Å². The molecule has 0 aliphatic carbocycles. The van der Waals surface area contributed by atoms with E-state index in [0.717, 1.165) is 13.2 Å². The van der Waals surface area contributed by atoms with Crippen LogP contribution in [0.2, 0.25) is 5.28 Å². The van der Waals surface area contributed by atoms with Crippen LogP contribution in [0.3, 0.4) is 0 Å². The number of hydrogen-bond donors (Lipinski definition) is 0. The van der Waals surface area contributed by atoms with E-state index in [2.05, 4.69) is 9.97 Å². The molecule has 0 spiro atoms. The average molecular weight is 244 g/mol. The minimum Gasteiger partial charge on any atom is -0.348 e. The first-order valence-electron chi connectivity index (χ1n) is 3.75. The fourth-order valence-corrected chi connectivity index (χ4v) is 1.08. The molecule has 3 nitrogen and oxygen atoms in total. The van der Waals surface area contributed by atoms with Crippen LogP contribution in [0, 0.1) is 5.82 Å². The molecule has 84 valence electrons. The van der Waals surface area contributed by atoms with Crippen LogP contribution in [0.25, 0.3) is 0 Å². The molecular formula is C7H6ClF4N3. The second kappa shape index (κ2) is 4.18. The summed E-state index contributed by atoms with van der Waals surface area (Å²) >= 11 is 5.34. The van der Waals surface area contributed by atoms with Crippen LogP contribution >= 0.6 is 11.6 Å². The summed E-state index contributed by atoms with van der Waals surface area (Å²) in [6.45, 7) is -1.31. The van der Waals surface area contributed by atoms with E-state index >= 15 is 0 Å². The summed E-state index contributed by atoms with van der Waals surface area (Å²) in [6, 6.07) is 0. The second-order valence-electron chi connectivity index (χ2n) is 2.78. The van der Waals surface area contributed by atoms with Crippen molar-refractivity contribution in [3.8, 4) is 0 Å². The lowest BCUT2D eigenvalue weighted by Gasteiger charge is -2.19. The van der Waals surface area contributed by atoms with Gasteiger partial charge in [0.25, 0.3) is 0 Å². The third-order valence-corrected chi connectivity index (χ3v) is 1.66. The molecule has 0 aliphatic heterocycles. The summed E-state index contributed by atoms with van der Waals surface area (Å²) in [6.07, 6.45) is -3.71. The minimum absolute atomic E-state index is 0.305. The number of hydrogen-bond acceptors (Lipinski definition) is 3. The van der Waals surface area contributed by atoms with Gasteiger partial charge in [0.2, 0.25) is 5.28 Å². The molecule has 15 heavy (non-hydrogen) atoms. The van der Waals surface area contributed by atoms with Crippen molar-refractivity contribution in [3.63, 3.8) is 0 Å². The Morgan fingerprint density at radius 2 is 2.07 bits per heavy atom. The molecule has 0 N–H and O–H groups in total. The van der Waals surface area contributed by atoms with Gasteiger partial charge in [-0.2, -0.15) is 18.2 Å². The highest BCUT2D eigenvalue weighted by molar-refractivity contribution is 6.28. The summed E-state index contributed by atoms with van der Waals surface area (Å²) in [5.74, 6) is -1.43. The van der Waals surface area contributed by atoms with Crippen molar-refractivity contribution in [1.29, 1.82) is 0 Å². The Hall–Kier alpha value is -1.11. The molecule has 1 rings (SSSR count). The van der Waals surface area contributed by atoms with Gasteiger partial charge in [-0.1, -0.05) is 0 Å². The quantitative estimate of drug-likeness (QED) is 0.589. The molecule has 0 aliphatic rings. The third-order valence-electron chi connectivity index (χ3n) is 1.47. The van der Waals surface area contributed by atoms with Gasteiger partial charge in [-0.3, -0.25) is 0 Å². The first kappa shape index (κ1) is 12.0. The Bertz CT molecular complexity index is 355. The second-order valence-corrected chi connectivity index (χ2v) is 3.12. The van der Waals surface area contributed by atoms with E-state index in [1.165, 1.54) is 0 Å². The normalized spacial score (nSPS) is 11.6. The van der Waals surface area contributed by atoms with Crippen LogP contribution in [-0.2, 0) is 0 Å². The number of aromatic nitrogens is 2. The van der Waals surface area contributed by atoms with Crippen LogP contribution in [0.1, 0.15) is 0 Å². The molecule has 0 aromatic carbocycles. The van der Waals surface area contributed by atoms with Gasteiger partial charge in [0.05, 0.1) is 6.20 Å². The molecule has 1 aromatic heterocycles. The van der Waals surface area contributed by atoms with E-state index in [1.807, 2.05) is 0 Å². The molecule has 0 unspecified atom stereocenters. The van der Waals surface area contributed by atoms with Crippen molar-refractivity contribution in [2.45, 2.75) is 6.18 Å². The van der Waals surface area contributed by atoms with Crippen LogP contribution in [0.5, 0.6) is 0 Å². The van der Waals surface area contributed by atoms with E-state index in [0.29, 0.717) is 4.90 Å². The van der Waals surface area contributed by atoms with Gasteiger partial charge >= 0.3 is 6.18 Å². The van der Waals surface area contributed by atoms with E-state index in [-0.39, 0.29) is 5.28 Å². The van der Waals surface area contributed by atoms with Crippen molar-refractivity contribution in [2.75, 3.05) is 18.5 Å². The topological polar surface area (TPSA) is 29.0 Å². The maximum Gasteiger partial charge on any atom is 0.405 e. The van der Waals surface area contributed by atoms with Gasteiger partial charge in [-0.05, 0) is 11.6 Å². The summed E-state index contributed by atoms with van der Waals surface area (Å²) in [4.78, 5) is 7.27.